The summed E-state index contributed by atoms with van der Waals surface area (Å²) in [4.78, 5) is 26.1. The summed E-state index contributed by atoms with van der Waals surface area (Å²) in [5, 5.41) is 4.04. The van der Waals surface area contributed by atoms with Gasteiger partial charge >= 0.3 is 6.18 Å². The molecule has 0 bridgehead atoms. The van der Waals surface area contributed by atoms with Crippen LogP contribution in [-0.4, -0.2) is 76.6 Å². The Kier molecular flexibility index (Phi) is 8.59. The molecule has 1 atom stereocenters. The molecule has 13 heteroatoms. The Morgan fingerprint density at radius 1 is 1.17 bits per heavy atom. The number of nitrogens with two attached hydrogens (primary N) is 1. The predicted molar refractivity (Wildman–Crippen MR) is 151 cm³/mol. The molecule has 5 rings (SSSR count). The highest BCUT2D eigenvalue weighted by Gasteiger charge is 2.35. The van der Waals surface area contributed by atoms with Gasteiger partial charge in [0.05, 0.1) is 23.0 Å². The van der Waals surface area contributed by atoms with Crippen LogP contribution in [-0.2, 0) is 12.7 Å². The van der Waals surface area contributed by atoms with Crippen molar-refractivity contribution in [2.45, 2.75) is 25.7 Å². The zero-order valence-corrected chi connectivity index (χ0v) is 23.6. The maximum atomic E-state index is 13.6. The molecule has 1 saturated heterocycles. The van der Waals surface area contributed by atoms with Crippen molar-refractivity contribution in [3.63, 3.8) is 0 Å². The van der Waals surface area contributed by atoms with Crippen molar-refractivity contribution in [2.24, 2.45) is 5.73 Å². The number of hydrogen-bond donors (Lipinski definition) is 2. The summed E-state index contributed by atoms with van der Waals surface area (Å²) < 4.78 is 48.4. The highest BCUT2D eigenvalue weighted by molar-refractivity contribution is 7.16. The lowest BCUT2D eigenvalue weighted by Crippen LogP contribution is -2.46. The number of primary amides is 1. The van der Waals surface area contributed by atoms with Gasteiger partial charge in [-0.2, -0.15) is 13.2 Å². The average Bonchev–Trinajstić information content (AvgIpc) is 3.55. The number of halogens is 3. The van der Waals surface area contributed by atoms with Gasteiger partial charge in [0.25, 0.3) is 5.91 Å². The molecule has 3 aromatic heterocycles. The SMILES string of the molecule is C[C@@H](Oc1cc(-n2cnc3cnc(CNCCN4CCN(C)CC4)cc32)sc1C(N)=O)c1ccccc1C(F)(F)F. The molecule has 41 heavy (non-hydrogen) atoms. The largest absolute Gasteiger partial charge is 0.484 e. The summed E-state index contributed by atoms with van der Waals surface area (Å²) in [5.74, 6) is -0.618. The van der Waals surface area contributed by atoms with Crippen LogP contribution < -0.4 is 15.8 Å². The summed E-state index contributed by atoms with van der Waals surface area (Å²) in [6.07, 6.45) is -2.22. The number of hydrogen-bond acceptors (Lipinski definition) is 8. The summed E-state index contributed by atoms with van der Waals surface area (Å²) in [6.45, 7) is 8.18. The Balaban J connectivity index is 1.33. The summed E-state index contributed by atoms with van der Waals surface area (Å²) in [7, 11) is 2.14. The number of fused-ring (bicyclic) bond motifs is 1. The van der Waals surface area contributed by atoms with Crippen LogP contribution in [0.5, 0.6) is 5.75 Å². The van der Waals surface area contributed by atoms with E-state index >= 15 is 0 Å². The first-order chi connectivity index (χ1) is 19.6. The highest BCUT2D eigenvalue weighted by atomic mass is 32.1. The van der Waals surface area contributed by atoms with Gasteiger partial charge in [-0.15, -0.1) is 11.3 Å². The second-order valence-corrected chi connectivity index (χ2v) is 11.1. The van der Waals surface area contributed by atoms with E-state index in [9.17, 15) is 18.0 Å². The molecule has 3 N–H and O–H groups in total. The molecule has 0 radical (unpaired) electrons. The van der Waals surface area contributed by atoms with Gasteiger partial charge in [-0.05, 0) is 26.1 Å². The number of nitrogens with zero attached hydrogens (tertiary/aromatic N) is 5. The van der Waals surface area contributed by atoms with Crippen LogP contribution in [0.15, 0.2) is 48.9 Å². The molecule has 0 aliphatic carbocycles. The van der Waals surface area contributed by atoms with Crippen molar-refractivity contribution in [3.8, 4) is 10.8 Å². The maximum Gasteiger partial charge on any atom is 0.416 e. The number of carbonyl (C=O) groups excluding carboxylic acids is 1. The number of amides is 1. The minimum absolute atomic E-state index is 0.0351. The third-order valence-corrected chi connectivity index (χ3v) is 8.28. The smallest absolute Gasteiger partial charge is 0.416 e. The van der Waals surface area contributed by atoms with Crippen LogP contribution in [0.4, 0.5) is 13.2 Å². The summed E-state index contributed by atoms with van der Waals surface area (Å²) in [6, 6.07) is 8.75. The van der Waals surface area contributed by atoms with E-state index < -0.39 is 23.8 Å². The first-order valence-corrected chi connectivity index (χ1v) is 14.1. The summed E-state index contributed by atoms with van der Waals surface area (Å²) in [5.41, 5.74) is 7.06. The number of likely N-dealkylation sites (N-methyl/N-ethyl adjacent to an activating group) is 1. The maximum absolute atomic E-state index is 13.6. The van der Waals surface area contributed by atoms with E-state index in [-0.39, 0.29) is 16.2 Å². The van der Waals surface area contributed by atoms with Gasteiger partial charge in [0.15, 0.2) is 0 Å². The Bertz CT molecular complexity index is 1510. The molecule has 9 nitrogen and oxygen atoms in total. The topological polar surface area (TPSA) is 102 Å². The first-order valence-electron chi connectivity index (χ1n) is 13.3. The van der Waals surface area contributed by atoms with Crippen molar-refractivity contribution < 1.29 is 22.7 Å². The van der Waals surface area contributed by atoms with E-state index in [0.717, 1.165) is 67.9 Å². The average molecular weight is 588 g/mol. The molecule has 218 valence electrons. The Morgan fingerprint density at radius 3 is 2.66 bits per heavy atom. The number of carbonyl (C=O) groups is 1. The van der Waals surface area contributed by atoms with E-state index in [1.807, 2.05) is 6.07 Å². The number of alkyl halides is 3. The normalized spacial score (nSPS) is 15.8. The Hall–Kier alpha value is -3.52. The standard InChI is InChI=1S/C28H32F3N7O2S/c1-18(20-5-3-4-6-21(20)28(29,30)31)40-24-14-25(41-26(24)27(32)39)38-17-35-22-16-34-19(13-23(22)38)15-33-7-8-37-11-9-36(2)10-12-37/h3-6,13-14,16-18,33H,7-12,15H2,1-2H3,(H2,32,39)/t18-/m1/s1. The number of rotatable bonds is 10. The van der Waals surface area contributed by atoms with Gasteiger partial charge in [0.2, 0.25) is 0 Å². The zero-order chi connectivity index (χ0) is 29.1. The fourth-order valence-electron chi connectivity index (χ4n) is 4.85. The monoisotopic (exact) mass is 587 g/mol. The molecule has 1 aliphatic rings. The van der Waals surface area contributed by atoms with Gasteiger partial charge in [0.1, 0.15) is 33.6 Å². The second kappa shape index (κ2) is 12.1. The van der Waals surface area contributed by atoms with Gasteiger partial charge in [-0.1, -0.05) is 18.2 Å². The quantitative estimate of drug-likeness (QED) is 0.270. The van der Waals surface area contributed by atoms with Crippen molar-refractivity contribution in [1.29, 1.82) is 0 Å². The fourth-order valence-corrected chi connectivity index (χ4v) is 5.78. The molecule has 0 unspecified atom stereocenters. The number of aromatic nitrogens is 3. The number of nitrogens with one attached hydrogen (secondary N) is 1. The molecule has 4 heterocycles. The van der Waals surface area contributed by atoms with Crippen LogP contribution >= 0.6 is 11.3 Å². The molecule has 1 amide bonds. The third kappa shape index (κ3) is 6.70. The number of pyridine rings is 1. The Morgan fingerprint density at radius 2 is 1.93 bits per heavy atom. The fraction of sp³-hybridized carbons (Fsp3) is 0.393. The van der Waals surface area contributed by atoms with Gasteiger partial charge in [0, 0.05) is 57.4 Å². The van der Waals surface area contributed by atoms with Gasteiger partial charge < -0.3 is 20.7 Å². The minimum Gasteiger partial charge on any atom is -0.484 e. The number of benzene rings is 1. The van der Waals surface area contributed by atoms with Crippen LogP contribution in [0, 0.1) is 0 Å². The predicted octanol–water partition coefficient (Wildman–Crippen LogP) is 4.08. The molecule has 0 spiro atoms. The van der Waals surface area contributed by atoms with Crippen LogP contribution in [0.2, 0.25) is 0 Å². The third-order valence-electron chi connectivity index (χ3n) is 7.15. The molecular formula is C28H32F3N7O2S. The van der Waals surface area contributed by atoms with E-state index in [1.165, 1.54) is 25.1 Å². The molecular weight excluding hydrogens is 555 g/mol. The zero-order valence-electron chi connectivity index (χ0n) is 22.8. The molecule has 1 aromatic carbocycles. The van der Waals surface area contributed by atoms with Crippen LogP contribution in [0.1, 0.15) is 39.5 Å². The van der Waals surface area contributed by atoms with Gasteiger partial charge in [-0.3, -0.25) is 19.2 Å². The van der Waals surface area contributed by atoms with Crippen molar-refractivity contribution >= 4 is 28.3 Å². The lowest BCUT2D eigenvalue weighted by atomic mass is 10.0. The van der Waals surface area contributed by atoms with Crippen LogP contribution in [0.3, 0.4) is 0 Å². The van der Waals surface area contributed by atoms with Crippen molar-refractivity contribution in [3.05, 3.63) is 70.6 Å². The number of thiophene rings is 1. The number of imidazole rings is 1. The van der Waals surface area contributed by atoms with E-state index in [0.29, 0.717) is 17.1 Å². The lowest BCUT2D eigenvalue weighted by molar-refractivity contribution is -0.139. The molecule has 4 aromatic rings. The van der Waals surface area contributed by atoms with E-state index in [1.54, 1.807) is 23.2 Å². The first kappa shape index (κ1) is 29.0. The van der Waals surface area contributed by atoms with Crippen molar-refractivity contribution in [1.82, 2.24) is 29.7 Å². The molecule has 1 fully saturated rings. The van der Waals surface area contributed by atoms with Gasteiger partial charge in [-0.25, -0.2) is 4.98 Å². The van der Waals surface area contributed by atoms with Crippen LogP contribution in [0.25, 0.3) is 16.0 Å². The Labute approximate surface area is 239 Å². The van der Waals surface area contributed by atoms with Crippen molar-refractivity contribution in [2.75, 3.05) is 46.3 Å². The molecule has 0 saturated carbocycles. The second-order valence-electron chi connectivity index (χ2n) is 10.1. The van der Waals surface area contributed by atoms with E-state index in [2.05, 4.69) is 32.1 Å². The lowest BCUT2D eigenvalue weighted by Gasteiger charge is -2.32. The minimum atomic E-state index is -4.54. The number of piperazine rings is 1. The highest BCUT2D eigenvalue weighted by Crippen LogP contribution is 2.39. The molecule has 1 aliphatic heterocycles. The van der Waals surface area contributed by atoms with E-state index in [4.69, 9.17) is 10.5 Å². The summed E-state index contributed by atoms with van der Waals surface area (Å²) >= 11 is 1.09. The number of ether oxygens (including phenoxy) is 1.